The Labute approximate surface area is 338 Å². The molecule has 4 amide bonds. The fraction of sp³-hybridized carbons (Fsp3) is 0.455. The predicted molar refractivity (Wildman–Crippen MR) is 215 cm³/mol. The highest BCUT2D eigenvalue weighted by atomic mass is 35.5. The molecule has 1 aliphatic carbocycles. The SMILES string of the molecule is CC1(C)[C@H](NC(=O)c2ccc(N3CCC(CN4CC(=Cc5ccc6c(c5)CN(C5CCC(=O)NC5=O)C6=O)C4)CC3)nc2)C(C)(C)[C@H]1Oc1ccc(C#N)c(Cl)c1. The standard InChI is InChI=1S/C44H48ClN7O5/c1-43(2)41(44(3,4)42(43)57-32-8-6-29(20-46)34(45)19-32)49-38(54)30-7-11-36(47-21-30)51-15-13-26(14-16-51)22-50-23-28(24-50)17-27-5-9-33-31(18-27)25-52(40(33)56)35-10-12-37(53)48-39(35)55/h5-9,11,17-19,21,26,35,41-42H,10,12-16,22-25H2,1-4H3,(H,49,54)(H,48,53,55)/t35?,41-,42-. The molecular formula is C44H48ClN7O5. The van der Waals surface area contributed by atoms with Gasteiger partial charge in [-0.05, 0) is 78.3 Å². The van der Waals surface area contributed by atoms with Gasteiger partial charge in [0.05, 0.1) is 16.1 Å². The van der Waals surface area contributed by atoms with E-state index in [1.54, 1.807) is 29.3 Å². The number of imide groups is 1. The van der Waals surface area contributed by atoms with Crippen molar-refractivity contribution in [1.29, 1.82) is 5.26 Å². The number of carbonyl (C=O) groups excluding carboxylic acids is 4. The number of aromatic nitrogens is 1. The zero-order valence-corrected chi connectivity index (χ0v) is 33.6. The molecule has 3 aromatic rings. The van der Waals surface area contributed by atoms with Gasteiger partial charge in [0.2, 0.25) is 11.8 Å². The van der Waals surface area contributed by atoms with Gasteiger partial charge in [-0.2, -0.15) is 5.26 Å². The van der Waals surface area contributed by atoms with Gasteiger partial charge in [0, 0.05) is 80.4 Å². The van der Waals surface area contributed by atoms with Crippen molar-refractivity contribution in [3.05, 3.63) is 93.1 Å². The fourth-order valence-electron chi connectivity index (χ4n) is 9.90. The summed E-state index contributed by atoms with van der Waals surface area (Å²) in [6, 6.07) is 16.1. The second-order valence-corrected chi connectivity index (χ2v) is 17.8. The number of likely N-dealkylation sites (tertiary alicyclic amines) is 1. The van der Waals surface area contributed by atoms with Crippen molar-refractivity contribution in [3.63, 3.8) is 0 Å². The Balaban J connectivity index is 0.783. The van der Waals surface area contributed by atoms with Gasteiger partial charge in [0.25, 0.3) is 11.8 Å². The van der Waals surface area contributed by atoms with Gasteiger partial charge in [-0.15, -0.1) is 0 Å². The highest BCUT2D eigenvalue weighted by Crippen LogP contribution is 2.55. The lowest BCUT2D eigenvalue weighted by atomic mass is 9.49. The van der Waals surface area contributed by atoms with Crippen LogP contribution < -0.4 is 20.3 Å². The largest absolute Gasteiger partial charge is 0.489 e. The number of nitrogens with zero attached hydrogens (tertiary/aromatic N) is 5. The van der Waals surface area contributed by atoms with E-state index in [1.165, 1.54) is 5.57 Å². The maximum absolute atomic E-state index is 13.4. The van der Waals surface area contributed by atoms with Crippen LogP contribution in [0.15, 0.2) is 60.3 Å². The topological polar surface area (TPSA) is 148 Å². The van der Waals surface area contributed by atoms with Gasteiger partial charge in [0.15, 0.2) is 0 Å². The van der Waals surface area contributed by atoms with Gasteiger partial charge in [-0.25, -0.2) is 4.98 Å². The van der Waals surface area contributed by atoms with Crippen LogP contribution in [0, 0.1) is 28.1 Å². The highest BCUT2D eigenvalue weighted by Gasteiger charge is 2.64. The summed E-state index contributed by atoms with van der Waals surface area (Å²) in [6.07, 6.45) is 6.45. The zero-order chi connectivity index (χ0) is 40.2. The molecule has 1 aromatic heterocycles. The number of piperidine rings is 2. The Kier molecular flexibility index (Phi) is 10.1. The third-order valence-corrected chi connectivity index (χ3v) is 13.0. The maximum atomic E-state index is 13.4. The number of ether oxygens (including phenoxy) is 1. The van der Waals surface area contributed by atoms with Crippen molar-refractivity contribution in [2.75, 3.05) is 37.6 Å². The minimum atomic E-state index is -0.606. The van der Waals surface area contributed by atoms with Crippen LogP contribution in [0.3, 0.4) is 0 Å². The molecule has 2 N–H and O–H groups in total. The second-order valence-electron chi connectivity index (χ2n) is 17.4. The van der Waals surface area contributed by atoms with Crippen molar-refractivity contribution in [2.45, 2.75) is 78.1 Å². The van der Waals surface area contributed by atoms with Crippen molar-refractivity contribution >= 4 is 47.1 Å². The van der Waals surface area contributed by atoms with Crippen LogP contribution in [0.5, 0.6) is 5.75 Å². The summed E-state index contributed by atoms with van der Waals surface area (Å²) in [7, 11) is 0. The number of nitriles is 1. The fourth-order valence-corrected chi connectivity index (χ4v) is 10.1. The smallest absolute Gasteiger partial charge is 0.255 e. The van der Waals surface area contributed by atoms with Crippen LogP contribution >= 0.6 is 11.6 Å². The van der Waals surface area contributed by atoms with Crippen molar-refractivity contribution in [3.8, 4) is 11.8 Å². The molecule has 0 bridgehead atoms. The lowest BCUT2D eigenvalue weighted by Gasteiger charge is -2.63. The molecule has 12 nitrogen and oxygen atoms in total. The average molecular weight is 790 g/mol. The number of fused-ring (bicyclic) bond motifs is 1. The minimum absolute atomic E-state index is 0.140. The van der Waals surface area contributed by atoms with Crippen molar-refractivity contribution in [1.82, 2.24) is 25.4 Å². The molecule has 3 saturated heterocycles. The number of halogens is 1. The number of carbonyl (C=O) groups is 4. The van der Waals surface area contributed by atoms with Crippen LogP contribution in [0.2, 0.25) is 5.02 Å². The third-order valence-electron chi connectivity index (χ3n) is 12.7. The van der Waals surface area contributed by atoms with E-state index in [-0.39, 0.29) is 47.1 Å². The van der Waals surface area contributed by atoms with Crippen LogP contribution in [-0.2, 0) is 16.1 Å². The van der Waals surface area contributed by atoms with Crippen LogP contribution in [0.1, 0.15) is 90.8 Å². The molecule has 4 fully saturated rings. The van der Waals surface area contributed by atoms with E-state index in [0.717, 1.165) is 62.5 Å². The second kappa shape index (κ2) is 14.9. The number of benzene rings is 2. The van der Waals surface area contributed by atoms with E-state index in [9.17, 15) is 24.4 Å². The van der Waals surface area contributed by atoms with Crippen LogP contribution in [-0.4, -0.2) is 89.3 Å². The summed E-state index contributed by atoms with van der Waals surface area (Å²) < 4.78 is 6.37. The number of nitrogens with one attached hydrogen (secondary N) is 2. The predicted octanol–water partition coefficient (Wildman–Crippen LogP) is 5.60. The molecule has 1 saturated carbocycles. The van der Waals surface area contributed by atoms with Crippen molar-refractivity contribution in [2.24, 2.45) is 16.7 Å². The Morgan fingerprint density at radius 3 is 2.44 bits per heavy atom. The van der Waals surface area contributed by atoms with Crippen LogP contribution in [0.25, 0.3) is 6.08 Å². The molecule has 13 heteroatoms. The molecule has 8 rings (SSSR count). The highest BCUT2D eigenvalue weighted by molar-refractivity contribution is 6.31. The lowest BCUT2D eigenvalue weighted by Crippen LogP contribution is -2.74. The molecule has 296 valence electrons. The molecule has 5 aliphatic rings. The average Bonchev–Trinajstić information content (AvgIpc) is 3.49. The number of amides is 4. The first kappa shape index (κ1) is 38.6. The van der Waals surface area contributed by atoms with Crippen molar-refractivity contribution < 1.29 is 23.9 Å². The van der Waals surface area contributed by atoms with Gasteiger partial charge >= 0.3 is 0 Å². The monoisotopic (exact) mass is 789 g/mol. The molecule has 1 unspecified atom stereocenters. The Bertz CT molecular complexity index is 2180. The first-order valence-corrected chi connectivity index (χ1v) is 20.2. The summed E-state index contributed by atoms with van der Waals surface area (Å²) in [6.45, 7) is 13.5. The molecule has 4 aliphatic heterocycles. The molecule has 0 spiro atoms. The van der Waals surface area contributed by atoms with E-state index < -0.39 is 11.9 Å². The van der Waals surface area contributed by atoms with E-state index in [2.05, 4.69) is 66.3 Å². The first-order chi connectivity index (χ1) is 27.2. The summed E-state index contributed by atoms with van der Waals surface area (Å²) in [5, 5.41) is 15.2. The maximum Gasteiger partial charge on any atom is 0.255 e. The number of pyridine rings is 1. The Hall–Kier alpha value is -5.25. The lowest BCUT2D eigenvalue weighted by molar-refractivity contribution is -0.164. The number of hydrogen-bond acceptors (Lipinski definition) is 9. The van der Waals surface area contributed by atoms with Gasteiger partial charge in [-0.3, -0.25) is 29.4 Å². The number of hydrogen-bond donors (Lipinski definition) is 2. The molecule has 2 aromatic carbocycles. The molecule has 1 atom stereocenters. The molecule has 5 heterocycles. The zero-order valence-electron chi connectivity index (χ0n) is 32.8. The van der Waals surface area contributed by atoms with E-state index >= 15 is 0 Å². The van der Waals surface area contributed by atoms with Gasteiger partial charge < -0.3 is 19.9 Å². The van der Waals surface area contributed by atoms with Gasteiger partial charge in [-0.1, -0.05) is 51.4 Å². The Morgan fingerprint density at radius 2 is 1.77 bits per heavy atom. The quantitative estimate of drug-likeness (QED) is 0.265. The van der Waals surface area contributed by atoms with Crippen LogP contribution in [0.4, 0.5) is 5.82 Å². The number of anilines is 1. The molecule has 0 radical (unpaired) electrons. The number of rotatable bonds is 9. The molecule has 57 heavy (non-hydrogen) atoms. The van der Waals surface area contributed by atoms with E-state index in [0.29, 0.717) is 46.3 Å². The normalized spacial score (nSPS) is 24.2. The minimum Gasteiger partial charge on any atom is -0.489 e. The summed E-state index contributed by atoms with van der Waals surface area (Å²) in [4.78, 5) is 61.5. The van der Waals surface area contributed by atoms with Gasteiger partial charge in [0.1, 0.15) is 29.8 Å². The Morgan fingerprint density at radius 1 is 1.02 bits per heavy atom. The van der Waals surface area contributed by atoms with E-state index in [4.69, 9.17) is 21.3 Å². The summed E-state index contributed by atoms with van der Waals surface area (Å²) >= 11 is 6.24. The summed E-state index contributed by atoms with van der Waals surface area (Å²) in [5.74, 6) is 1.09. The van der Waals surface area contributed by atoms with E-state index in [1.807, 2.05) is 24.3 Å². The third kappa shape index (κ3) is 7.39. The molecular weight excluding hydrogens is 742 g/mol. The first-order valence-electron chi connectivity index (χ1n) is 19.8. The summed E-state index contributed by atoms with van der Waals surface area (Å²) in [5.41, 5.74) is 4.17.